The van der Waals surface area contributed by atoms with Gasteiger partial charge in [0, 0.05) is 20.5 Å². The molecule has 2 rings (SSSR count). The highest BCUT2D eigenvalue weighted by Gasteiger charge is 2.21. The van der Waals surface area contributed by atoms with Crippen LogP contribution in [0, 0.1) is 0 Å². The number of nitrogens with zero attached hydrogens (tertiary/aromatic N) is 1. The Labute approximate surface area is 98.6 Å². The van der Waals surface area contributed by atoms with Gasteiger partial charge in [-0.1, -0.05) is 6.85 Å². The average molecular weight is 218 g/mol. The molecule has 1 aromatic heterocycles. The number of hydrogen-bond donors (Lipinski definition) is 2. The van der Waals surface area contributed by atoms with Crippen LogP contribution in [0.5, 0.6) is 0 Å². The van der Waals surface area contributed by atoms with E-state index in [0.717, 1.165) is 10.6 Å². The molecule has 1 aliphatic carbocycles. The molecule has 4 heteroatoms. The summed E-state index contributed by atoms with van der Waals surface area (Å²) in [6.45, 7) is -5.70. The van der Waals surface area contributed by atoms with Crippen molar-refractivity contribution in [1.82, 2.24) is 10.3 Å². The number of aromatic nitrogens is 1. The van der Waals surface area contributed by atoms with Crippen molar-refractivity contribution in [3.05, 3.63) is 10.6 Å². The van der Waals surface area contributed by atoms with Crippen LogP contribution in [-0.4, -0.2) is 17.5 Å². The molecule has 0 amide bonds. The molecule has 14 heavy (non-hydrogen) atoms. The minimum atomic E-state index is -3.04. The van der Waals surface area contributed by atoms with Crippen molar-refractivity contribution >= 4 is 16.5 Å². The maximum Gasteiger partial charge on any atom is 0.180 e. The van der Waals surface area contributed by atoms with Crippen LogP contribution in [0.15, 0.2) is 0 Å². The van der Waals surface area contributed by atoms with Gasteiger partial charge in [-0.2, -0.15) is 0 Å². The third-order valence-corrected chi connectivity index (χ3v) is 3.24. The van der Waals surface area contributed by atoms with Crippen LogP contribution in [0.3, 0.4) is 0 Å². The van der Waals surface area contributed by atoms with Crippen molar-refractivity contribution in [1.29, 1.82) is 0 Å². The number of thiazole rings is 1. The molecule has 0 spiro atoms. The molecule has 3 N–H and O–H groups in total. The second kappa shape index (κ2) is 4.28. The maximum atomic E-state index is 7.79. The molecular formula is C10H17N3S. The number of aryl methyl sites for hydroxylation is 1. The fourth-order valence-corrected chi connectivity index (χ4v) is 2.61. The van der Waals surface area contributed by atoms with E-state index in [4.69, 9.17) is 15.3 Å². The first-order valence-electron chi connectivity index (χ1n) is 7.96. The lowest BCUT2D eigenvalue weighted by atomic mass is 9.98. The van der Waals surface area contributed by atoms with E-state index in [2.05, 4.69) is 10.3 Å². The van der Waals surface area contributed by atoms with Gasteiger partial charge in [0.05, 0.1) is 5.69 Å². The van der Waals surface area contributed by atoms with E-state index >= 15 is 0 Å². The van der Waals surface area contributed by atoms with E-state index in [9.17, 15) is 0 Å². The Hall–Kier alpha value is -0.610. The lowest BCUT2D eigenvalue weighted by Gasteiger charge is -2.21. The van der Waals surface area contributed by atoms with Crippen LogP contribution in [-0.2, 0) is 12.8 Å². The van der Waals surface area contributed by atoms with Gasteiger partial charge in [-0.05, 0) is 32.1 Å². The lowest BCUT2D eigenvalue weighted by Crippen LogP contribution is -2.34. The van der Waals surface area contributed by atoms with Gasteiger partial charge in [0.1, 0.15) is 0 Å². The van der Waals surface area contributed by atoms with Crippen LogP contribution in [0.4, 0.5) is 5.13 Å². The second-order valence-electron chi connectivity index (χ2n) is 3.26. The molecule has 1 aliphatic rings. The van der Waals surface area contributed by atoms with E-state index in [1.54, 1.807) is 0 Å². The van der Waals surface area contributed by atoms with Crippen molar-refractivity contribution in [3.63, 3.8) is 0 Å². The van der Waals surface area contributed by atoms with E-state index in [1.165, 1.54) is 11.3 Å². The molecule has 1 heterocycles. The third kappa shape index (κ3) is 2.07. The summed E-state index contributed by atoms with van der Waals surface area (Å²) in [5, 5.41) is 2.99. The Morgan fingerprint density at radius 1 is 1.86 bits per heavy atom. The van der Waals surface area contributed by atoms with Crippen molar-refractivity contribution < 1.29 is 9.60 Å². The molecular weight excluding hydrogens is 194 g/mol. The smallest absolute Gasteiger partial charge is 0.180 e. The van der Waals surface area contributed by atoms with Crippen LogP contribution in [0.1, 0.15) is 39.8 Å². The van der Waals surface area contributed by atoms with Gasteiger partial charge < -0.3 is 11.1 Å². The molecule has 0 saturated heterocycles. The number of hydrogen-bond acceptors (Lipinski definition) is 4. The van der Waals surface area contributed by atoms with E-state index in [-0.39, 0.29) is 6.04 Å². The summed E-state index contributed by atoms with van der Waals surface area (Å²) in [6.07, 6.45) is -1.33. The van der Waals surface area contributed by atoms with Gasteiger partial charge in [-0.3, -0.25) is 0 Å². The van der Waals surface area contributed by atoms with Crippen molar-refractivity contribution in [3.8, 4) is 0 Å². The Morgan fingerprint density at radius 2 is 2.79 bits per heavy atom. The second-order valence-corrected chi connectivity index (χ2v) is 4.37. The average Bonchev–Trinajstić information content (AvgIpc) is 2.66. The summed E-state index contributed by atoms with van der Waals surface area (Å²) >= 11 is 1.33. The van der Waals surface area contributed by atoms with Crippen LogP contribution < -0.4 is 11.1 Å². The zero-order chi connectivity index (χ0) is 16.1. The van der Waals surface area contributed by atoms with E-state index in [1.807, 2.05) is 0 Å². The van der Waals surface area contributed by atoms with E-state index < -0.39 is 19.7 Å². The summed E-state index contributed by atoms with van der Waals surface area (Å²) in [4.78, 5) is 5.13. The molecule has 1 aromatic rings. The van der Waals surface area contributed by atoms with Crippen molar-refractivity contribution in [2.75, 3.05) is 12.2 Å². The molecule has 1 atom stereocenters. The summed E-state index contributed by atoms with van der Waals surface area (Å²) in [5.74, 6) is 0. The number of nitrogen functional groups attached to an aromatic ring is 1. The normalized spacial score (nSPS) is 31.1. The number of nitrogens with one attached hydrogen (secondary N) is 1. The fraction of sp³-hybridized carbons (Fsp3) is 0.700. The Kier molecular flexibility index (Phi) is 1.37. The molecule has 78 valence electrons. The molecule has 0 aromatic carbocycles. The maximum absolute atomic E-state index is 7.79. The topological polar surface area (TPSA) is 50.9 Å². The summed E-state index contributed by atoms with van der Waals surface area (Å²) in [6, 6.07) is -0.343. The summed E-state index contributed by atoms with van der Waals surface area (Å²) in [5.41, 5.74) is 6.53. The molecule has 0 fully saturated rings. The lowest BCUT2D eigenvalue weighted by molar-refractivity contribution is 0.460. The van der Waals surface area contributed by atoms with Gasteiger partial charge in [-0.15, -0.1) is 11.3 Å². The van der Waals surface area contributed by atoms with Crippen molar-refractivity contribution in [2.45, 2.75) is 38.5 Å². The molecule has 0 unspecified atom stereocenters. The quantitative estimate of drug-likeness (QED) is 0.810. The Morgan fingerprint density at radius 3 is 3.64 bits per heavy atom. The number of anilines is 1. The van der Waals surface area contributed by atoms with Gasteiger partial charge in [0.2, 0.25) is 0 Å². The molecule has 0 aliphatic heterocycles. The minimum absolute atomic E-state index is 0.343. The predicted molar refractivity (Wildman–Crippen MR) is 60.6 cm³/mol. The first-order valence-corrected chi connectivity index (χ1v) is 5.27. The van der Waals surface area contributed by atoms with Gasteiger partial charge in [-0.25, -0.2) is 4.98 Å². The van der Waals surface area contributed by atoms with Crippen LogP contribution >= 0.6 is 11.3 Å². The third-order valence-electron chi connectivity index (χ3n) is 2.29. The standard InChI is InChI=1S/C10H17N3S/c1-2-5-12-7-3-4-8-9(6-7)14-10(11)13-8/h7,12H,2-6H2,1H3,(H2,11,13)/t7-/m0/s1/i1D3,2D2,5D2. The molecule has 0 bridgehead atoms. The predicted octanol–water partition coefficient (Wildman–Crippen LogP) is 1.58. The Bertz CT molecular complexity index is 525. The SMILES string of the molecule is [2H]C([2H])([2H])C([2H])([2H])C([2H])([2H])N[C@H]1CCc2nc(N)sc2C1. The number of fused-ring (bicyclic) bond motifs is 1. The molecule has 3 nitrogen and oxygen atoms in total. The summed E-state index contributed by atoms with van der Waals surface area (Å²) in [7, 11) is 0. The monoisotopic (exact) mass is 218 g/mol. The largest absolute Gasteiger partial charge is 0.375 e. The zero-order valence-electron chi connectivity index (χ0n) is 14.6. The van der Waals surface area contributed by atoms with E-state index in [0.29, 0.717) is 24.4 Å². The Balaban J connectivity index is 2.12. The van der Waals surface area contributed by atoms with Gasteiger partial charge >= 0.3 is 0 Å². The van der Waals surface area contributed by atoms with Gasteiger partial charge in [0.15, 0.2) is 5.13 Å². The van der Waals surface area contributed by atoms with Crippen molar-refractivity contribution in [2.24, 2.45) is 0 Å². The highest BCUT2D eigenvalue weighted by atomic mass is 32.1. The highest BCUT2D eigenvalue weighted by Crippen LogP contribution is 2.27. The highest BCUT2D eigenvalue weighted by molar-refractivity contribution is 7.15. The first-order chi connectivity index (χ1) is 9.44. The fourth-order valence-electron chi connectivity index (χ4n) is 1.66. The molecule has 0 saturated carbocycles. The first kappa shape index (κ1) is 4.49. The molecule has 0 radical (unpaired) electrons. The number of nitrogens with two attached hydrogens (primary N) is 1. The minimum Gasteiger partial charge on any atom is -0.375 e. The number of rotatable bonds is 3. The van der Waals surface area contributed by atoms with Crippen LogP contribution in [0.25, 0.3) is 0 Å². The van der Waals surface area contributed by atoms with Crippen LogP contribution in [0.2, 0.25) is 0 Å². The summed E-state index contributed by atoms with van der Waals surface area (Å²) < 4.78 is 52.3. The van der Waals surface area contributed by atoms with Gasteiger partial charge in [0.25, 0.3) is 0 Å². The zero-order valence-corrected chi connectivity index (χ0v) is 8.45.